The van der Waals surface area contributed by atoms with E-state index in [1.54, 1.807) is 6.07 Å². The van der Waals surface area contributed by atoms with Crippen LogP contribution >= 0.6 is 0 Å². The van der Waals surface area contributed by atoms with Crippen molar-refractivity contribution < 1.29 is 5.11 Å². The minimum atomic E-state index is 0.000711. The summed E-state index contributed by atoms with van der Waals surface area (Å²) in [7, 11) is 0. The number of amidine groups is 1. The molecule has 4 N–H and O–H groups in total. The zero-order valence-corrected chi connectivity index (χ0v) is 10.5. The van der Waals surface area contributed by atoms with E-state index in [9.17, 15) is 0 Å². The molecule has 5 heteroatoms. The van der Waals surface area contributed by atoms with E-state index in [1.807, 2.05) is 12.1 Å². The number of pyridine rings is 1. The van der Waals surface area contributed by atoms with Gasteiger partial charge in [-0.2, -0.15) is 0 Å². The summed E-state index contributed by atoms with van der Waals surface area (Å²) in [5, 5.41) is 16.4. The van der Waals surface area contributed by atoms with E-state index >= 15 is 0 Å². The van der Waals surface area contributed by atoms with Crippen molar-refractivity contribution in [3.8, 4) is 0 Å². The molecular weight excluding hydrogens is 228 g/mol. The van der Waals surface area contributed by atoms with Gasteiger partial charge in [-0.1, -0.05) is 6.07 Å². The quantitative estimate of drug-likeness (QED) is 0.547. The van der Waals surface area contributed by atoms with Gasteiger partial charge in [0.2, 0.25) is 0 Å². The van der Waals surface area contributed by atoms with Crippen molar-refractivity contribution in [2.24, 2.45) is 11.7 Å². The number of hydrogen-bond acceptors (Lipinski definition) is 4. The van der Waals surface area contributed by atoms with Crippen LogP contribution in [0.25, 0.3) is 0 Å². The number of aliphatic hydroxyl groups is 1. The van der Waals surface area contributed by atoms with Crippen LogP contribution in [-0.2, 0) is 0 Å². The van der Waals surface area contributed by atoms with Gasteiger partial charge in [0.15, 0.2) is 0 Å². The fraction of sp³-hybridized carbons (Fsp3) is 0.538. The van der Waals surface area contributed by atoms with Crippen LogP contribution in [0.2, 0.25) is 0 Å². The zero-order chi connectivity index (χ0) is 13.0. The molecule has 1 atom stereocenters. The lowest BCUT2D eigenvalue weighted by molar-refractivity contribution is 0.244. The summed E-state index contributed by atoms with van der Waals surface area (Å²) in [4.78, 5) is 6.62. The summed E-state index contributed by atoms with van der Waals surface area (Å²) in [5.74, 6) is 1.41. The topological polar surface area (TPSA) is 86.2 Å². The molecule has 2 heterocycles. The molecular formula is C13H20N4O. The van der Waals surface area contributed by atoms with E-state index < -0.39 is 0 Å². The van der Waals surface area contributed by atoms with Crippen LogP contribution in [0.15, 0.2) is 18.2 Å². The Hall–Kier alpha value is -1.62. The molecule has 5 nitrogen and oxygen atoms in total. The van der Waals surface area contributed by atoms with Gasteiger partial charge in [-0.3, -0.25) is 5.41 Å². The smallest absolute Gasteiger partial charge is 0.141 e. The first-order chi connectivity index (χ1) is 8.70. The Morgan fingerprint density at radius 2 is 2.39 bits per heavy atom. The van der Waals surface area contributed by atoms with E-state index in [0.717, 1.165) is 31.7 Å². The fourth-order valence-corrected chi connectivity index (χ4v) is 2.44. The van der Waals surface area contributed by atoms with Crippen molar-refractivity contribution in [2.75, 3.05) is 24.6 Å². The van der Waals surface area contributed by atoms with Crippen LogP contribution in [0.3, 0.4) is 0 Å². The third-order valence-electron chi connectivity index (χ3n) is 3.39. The highest BCUT2D eigenvalue weighted by Crippen LogP contribution is 2.23. The predicted octanol–water partition coefficient (Wildman–Crippen LogP) is 0.964. The van der Waals surface area contributed by atoms with E-state index in [4.69, 9.17) is 16.2 Å². The van der Waals surface area contributed by atoms with Gasteiger partial charge in [0, 0.05) is 19.7 Å². The minimum Gasteiger partial charge on any atom is -0.396 e. The lowest BCUT2D eigenvalue weighted by Gasteiger charge is -2.33. The SMILES string of the molecule is N=C(N)c1cccc(N2CCCC(CCO)C2)n1. The maximum absolute atomic E-state index is 9.01. The molecule has 18 heavy (non-hydrogen) atoms. The second-order valence-electron chi connectivity index (χ2n) is 4.76. The van der Waals surface area contributed by atoms with Crippen LogP contribution in [0.4, 0.5) is 5.82 Å². The van der Waals surface area contributed by atoms with E-state index in [2.05, 4.69) is 9.88 Å². The molecule has 2 rings (SSSR count). The molecule has 1 aliphatic rings. The molecule has 0 aliphatic carbocycles. The summed E-state index contributed by atoms with van der Waals surface area (Å²) in [6, 6.07) is 5.59. The third-order valence-corrected chi connectivity index (χ3v) is 3.39. The molecule has 0 radical (unpaired) electrons. The van der Waals surface area contributed by atoms with Gasteiger partial charge in [-0.05, 0) is 37.3 Å². The molecule has 0 saturated carbocycles. The standard InChI is InChI=1S/C13H20N4O/c14-13(15)11-4-1-5-12(16-11)17-7-2-3-10(9-17)6-8-18/h1,4-5,10,18H,2-3,6-9H2,(H3,14,15). The number of aliphatic hydroxyl groups excluding tert-OH is 1. The van der Waals surface area contributed by atoms with Crippen LogP contribution in [0.5, 0.6) is 0 Å². The minimum absolute atomic E-state index is 0.000711. The van der Waals surface area contributed by atoms with Crippen LogP contribution < -0.4 is 10.6 Å². The van der Waals surface area contributed by atoms with E-state index in [-0.39, 0.29) is 12.4 Å². The van der Waals surface area contributed by atoms with Crippen molar-refractivity contribution in [3.63, 3.8) is 0 Å². The zero-order valence-electron chi connectivity index (χ0n) is 10.5. The second kappa shape index (κ2) is 5.82. The maximum atomic E-state index is 9.01. The molecule has 1 fully saturated rings. The second-order valence-corrected chi connectivity index (χ2v) is 4.76. The molecule has 0 aromatic carbocycles. The van der Waals surface area contributed by atoms with Gasteiger partial charge in [0.1, 0.15) is 17.3 Å². The van der Waals surface area contributed by atoms with E-state index in [0.29, 0.717) is 11.6 Å². The number of anilines is 1. The molecule has 1 aliphatic heterocycles. The van der Waals surface area contributed by atoms with Crippen LogP contribution in [0.1, 0.15) is 25.0 Å². The lowest BCUT2D eigenvalue weighted by Crippen LogP contribution is -2.36. The van der Waals surface area contributed by atoms with Crippen molar-refractivity contribution >= 4 is 11.7 Å². The molecule has 1 saturated heterocycles. The Balaban J connectivity index is 2.10. The van der Waals surface area contributed by atoms with Gasteiger partial charge < -0.3 is 15.7 Å². The monoisotopic (exact) mass is 248 g/mol. The van der Waals surface area contributed by atoms with E-state index in [1.165, 1.54) is 6.42 Å². The number of nitrogens with zero attached hydrogens (tertiary/aromatic N) is 2. The third kappa shape index (κ3) is 2.98. The van der Waals surface area contributed by atoms with Crippen LogP contribution in [-0.4, -0.2) is 35.6 Å². The number of rotatable bonds is 4. The summed E-state index contributed by atoms with van der Waals surface area (Å²) >= 11 is 0. The summed E-state index contributed by atoms with van der Waals surface area (Å²) < 4.78 is 0. The van der Waals surface area contributed by atoms with Crippen molar-refractivity contribution in [3.05, 3.63) is 23.9 Å². The van der Waals surface area contributed by atoms with Gasteiger partial charge in [0.25, 0.3) is 0 Å². The highest BCUT2D eigenvalue weighted by Gasteiger charge is 2.20. The Morgan fingerprint density at radius 1 is 1.56 bits per heavy atom. The molecule has 1 aromatic rings. The molecule has 0 bridgehead atoms. The predicted molar refractivity (Wildman–Crippen MR) is 71.9 cm³/mol. The average Bonchev–Trinajstić information content (AvgIpc) is 2.39. The molecule has 1 aromatic heterocycles. The first-order valence-electron chi connectivity index (χ1n) is 6.38. The Bertz CT molecular complexity index is 419. The van der Waals surface area contributed by atoms with Crippen molar-refractivity contribution in [1.29, 1.82) is 5.41 Å². The van der Waals surface area contributed by atoms with Gasteiger partial charge in [0.05, 0.1) is 0 Å². The number of aromatic nitrogens is 1. The number of nitrogen functional groups attached to an aromatic ring is 1. The van der Waals surface area contributed by atoms with Crippen LogP contribution in [0, 0.1) is 11.3 Å². The number of piperidine rings is 1. The summed E-state index contributed by atoms with van der Waals surface area (Å²) in [6.45, 7) is 2.16. The van der Waals surface area contributed by atoms with Crippen molar-refractivity contribution in [2.45, 2.75) is 19.3 Å². The molecule has 98 valence electrons. The Kier molecular flexibility index (Phi) is 4.15. The fourth-order valence-electron chi connectivity index (χ4n) is 2.44. The summed E-state index contributed by atoms with van der Waals surface area (Å²) in [6.07, 6.45) is 3.14. The van der Waals surface area contributed by atoms with Gasteiger partial charge in [-0.25, -0.2) is 4.98 Å². The van der Waals surface area contributed by atoms with Crippen molar-refractivity contribution in [1.82, 2.24) is 4.98 Å². The maximum Gasteiger partial charge on any atom is 0.141 e. The normalized spacial score (nSPS) is 19.8. The average molecular weight is 248 g/mol. The number of nitrogens with two attached hydrogens (primary N) is 1. The number of nitrogens with one attached hydrogen (secondary N) is 1. The molecule has 1 unspecified atom stereocenters. The largest absolute Gasteiger partial charge is 0.396 e. The molecule has 0 amide bonds. The summed E-state index contributed by atoms with van der Waals surface area (Å²) in [5.41, 5.74) is 5.98. The Labute approximate surface area is 107 Å². The highest BCUT2D eigenvalue weighted by atomic mass is 16.3. The molecule has 0 spiro atoms. The number of hydrogen-bond donors (Lipinski definition) is 3. The first-order valence-corrected chi connectivity index (χ1v) is 6.38. The Morgan fingerprint density at radius 3 is 3.11 bits per heavy atom. The lowest BCUT2D eigenvalue weighted by atomic mass is 9.95. The van der Waals surface area contributed by atoms with Gasteiger partial charge in [-0.15, -0.1) is 0 Å². The first kappa shape index (κ1) is 12.8. The highest BCUT2D eigenvalue weighted by molar-refractivity contribution is 5.93. The van der Waals surface area contributed by atoms with Gasteiger partial charge >= 0.3 is 0 Å².